The molecule has 4 unspecified atom stereocenters. The first-order chi connectivity index (χ1) is 6.62. The van der Waals surface area contributed by atoms with Gasteiger partial charge in [0.25, 0.3) is 0 Å². The zero-order chi connectivity index (χ0) is 10.4. The molecule has 2 nitrogen and oxygen atoms in total. The van der Waals surface area contributed by atoms with Crippen LogP contribution >= 0.6 is 0 Å². The number of rotatable bonds is 1. The lowest BCUT2D eigenvalue weighted by Crippen LogP contribution is -2.29. The maximum atomic E-state index is 5.66. The summed E-state index contributed by atoms with van der Waals surface area (Å²) in [5, 5.41) is 0. The Kier molecular flexibility index (Phi) is 2.39. The lowest BCUT2D eigenvalue weighted by atomic mass is 9.77. The molecule has 3 aliphatic rings. The van der Waals surface area contributed by atoms with E-state index in [0.717, 1.165) is 12.5 Å². The van der Waals surface area contributed by atoms with Crippen LogP contribution in [0.15, 0.2) is 0 Å². The Hall–Kier alpha value is -0.0800. The molecular formula is C12H22O2. The van der Waals surface area contributed by atoms with Gasteiger partial charge in [0, 0.05) is 0 Å². The first-order valence-corrected chi connectivity index (χ1v) is 5.94. The second-order valence-electron chi connectivity index (χ2n) is 4.99. The van der Waals surface area contributed by atoms with Crippen molar-refractivity contribution in [2.75, 3.05) is 6.61 Å². The summed E-state index contributed by atoms with van der Waals surface area (Å²) in [7, 11) is 0. The maximum absolute atomic E-state index is 5.66. The van der Waals surface area contributed by atoms with Gasteiger partial charge in [0.2, 0.25) is 0 Å². The first kappa shape index (κ1) is 10.4. The summed E-state index contributed by atoms with van der Waals surface area (Å²) in [5.74, 6) is 0.762. The summed E-state index contributed by atoms with van der Waals surface area (Å²) in [6.45, 7) is 9.45. The van der Waals surface area contributed by atoms with Gasteiger partial charge in [-0.2, -0.15) is 0 Å². The standard InChI is InChI=1S/C10H16O2.C2H6/c1-9-4-3-7(5-8(9)12-9)10(2)6-11-10;1-2/h7-8H,3-6H2,1-2H3;1-2H3. The van der Waals surface area contributed by atoms with Crippen LogP contribution in [-0.4, -0.2) is 23.9 Å². The van der Waals surface area contributed by atoms with Crippen LogP contribution in [0.1, 0.15) is 47.0 Å². The van der Waals surface area contributed by atoms with E-state index in [0.29, 0.717) is 6.10 Å². The van der Waals surface area contributed by atoms with E-state index in [1.165, 1.54) is 19.3 Å². The lowest BCUT2D eigenvalue weighted by molar-refractivity contribution is 0.191. The van der Waals surface area contributed by atoms with E-state index in [1.54, 1.807) is 0 Å². The molecule has 3 fully saturated rings. The van der Waals surface area contributed by atoms with Crippen LogP contribution in [0, 0.1) is 5.92 Å². The molecule has 1 saturated carbocycles. The fraction of sp³-hybridized carbons (Fsp3) is 1.00. The molecule has 2 saturated heterocycles. The highest BCUT2D eigenvalue weighted by molar-refractivity contribution is 5.08. The van der Waals surface area contributed by atoms with Gasteiger partial charge in [-0.25, -0.2) is 0 Å². The van der Waals surface area contributed by atoms with Crippen LogP contribution in [0.5, 0.6) is 0 Å². The first-order valence-electron chi connectivity index (χ1n) is 5.94. The SMILES string of the molecule is CC.CC1(C2CCC3(C)OC3C2)CO1. The molecule has 0 aromatic rings. The highest BCUT2D eigenvalue weighted by atomic mass is 16.6. The van der Waals surface area contributed by atoms with E-state index >= 15 is 0 Å². The van der Waals surface area contributed by atoms with Crippen molar-refractivity contribution in [2.24, 2.45) is 5.92 Å². The van der Waals surface area contributed by atoms with Crippen LogP contribution in [0.4, 0.5) is 0 Å². The molecule has 2 heterocycles. The van der Waals surface area contributed by atoms with Crippen molar-refractivity contribution in [3.8, 4) is 0 Å². The smallest absolute Gasteiger partial charge is 0.0920 e. The van der Waals surface area contributed by atoms with Gasteiger partial charge in [0.05, 0.1) is 23.9 Å². The number of fused-ring (bicyclic) bond motifs is 1. The molecule has 14 heavy (non-hydrogen) atoms. The van der Waals surface area contributed by atoms with Gasteiger partial charge in [0.15, 0.2) is 0 Å². The molecule has 82 valence electrons. The summed E-state index contributed by atoms with van der Waals surface area (Å²) in [6.07, 6.45) is 4.31. The molecule has 2 heteroatoms. The fourth-order valence-corrected chi connectivity index (χ4v) is 2.55. The normalized spacial score (nSPS) is 54.0. The summed E-state index contributed by atoms with van der Waals surface area (Å²) in [6, 6.07) is 0. The average molecular weight is 198 g/mol. The predicted molar refractivity (Wildman–Crippen MR) is 56.3 cm³/mol. The van der Waals surface area contributed by atoms with Crippen LogP contribution in [0.25, 0.3) is 0 Å². The minimum atomic E-state index is 0.229. The molecule has 0 aromatic heterocycles. The third kappa shape index (κ3) is 1.59. The van der Waals surface area contributed by atoms with E-state index in [4.69, 9.17) is 9.47 Å². The van der Waals surface area contributed by atoms with Gasteiger partial charge >= 0.3 is 0 Å². The average Bonchev–Trinajstić information content (AvgIpc) is 3.05. The molecule has 1 aliphatic carbocycles. The van der Waals surface area contributed by atoms with Gasteiger partial charge in [0.1, 0.15) is 0 Å². The Balaban J connectivity index is 0.000000354. The quantitative estimate of drug-likeness (QED) is 0.605. The molecule has 0 aromatic carbocycles. The number of ether oxygens (including phenoxy) is 2. The number of hydrogen-bond donors (Lipinski definition) is 0. The third-order valence-electron chi connectivity index (χ3n) is 3.99. The van der Waals surface area contributed by atoms with Crippen molar-refractivity contribution in [3.63, 3.8) is 0 Å². The zero-order valence-electron chi connectivity index (χ0n) is 9.80. The molecule has 4 atom stereocenters. The van der Waals surface area contributed by atoms with Crippen molar-refractivity contribution in [1.82, 2.24) is 0 Å². The molecule has 0 radical (unpaired) electrons. The van der Waals surface area contributed by atoms with Crippen molar-refractivity contribution < 1.29 is 9.47 Å². The largest absolute Gasteiger partial charge is 0.370 e. The summed E-state index contributed by atoms with van der Waals surface area (Å²) >= 11 is 0. The second kappa shape index (κ2) is 3.21. The van der Waals surface area contributed by atoms with Crippen LogP contribution < -0.4 is 0 Å². The molecule has 0 bridgehead atoms. The Morgan fingerprint density at radius 2 is 1.79 bits per heavy atom. The van der Waals surface area contributed by atoms with Crippen LogP contribution in [0.2, 0.25) is 0 Å². The molecule has 2 aliphatic heterocycles. The van der Waals surface area contributed by atoms with Gasteiger partial charge < -0.3 is 9.47 Å². The summed E-state index contributed by atoms with van der Waals surface area (Å²) in [4.78, 5) is 0. The van der Waals surface area contributed by atoms with E-state index in [9.17, 15) is 0 Å². The van der Waals surface area contributed by atoms with E-state index in [2.05, 4.69) is 13.8 Å². The monoisotopic (exact) mass is 198 g/mol. The van der Waals surface area contributed by atoms with Gasteiger partial charge in [-0.3, -0.25) is 0 Å². The number of epoxide rings is 2. The van der Waals surface area contributed by atoms with Crippen molar-refractivity contribution in [3.05, 3.63) is 0 Å². The highest BCUT2D eigenvalue weighted by Crippen LogP contribution is 2.54. The molecule has 0 N–H and O–H groups in total. The third-order valence-corrected chi connectivity index (χ3v) is 3.99. The van der Waals surface area contributed by atoms with Crippen LogP contribution in [0.3, 0.4) is 0 Å². The van der Waals surface area contributed by atoms with Gasteiger partial charge in [-0.05, 0) is 39.0 Å². The predicted octanol–water partition coefficient (Wildman–Crippen LogP) is 2.76. The van der Waals surface area contributed by atoms with Crippen LogP contribution in [-0.2, 0) is 9.47 Å². The zero-order valence-corrected chi connectivity index (χ0v) is 9.80. The second-order valence-corrected chi connectivity index (χ2v) is 4.99. The minimum Gasteiger partial charge on any atom is -0.370 e. The van der Waals surface area contributed by atoms with E-state index in [-0.39, 0.29) is 11.2 Å². The molecule has 0 amide bonds. The van der Waals surface area contributed by atoms with E-state index in [1.807, 2.05) is 13.8 Å². The van der Waals surface area contributed by atoms with Crippen molar-refractivity contribution >= 4 is 0 Å². The molecule has 0 spiro atoms. The Morgan fingerprint density at radius 3 is 2.29 bits per heavy atom. The molecular weight excluding hydrogens is 176 g/mol. The summed E-state index contributed by atoms with van der Waals surface area (Å²) in [5.41, 5.74) is 0.495. The Bertz CT molecular complexity index is 222. The Labute approximate surface area is 87.0 Å². The number of hydrogen-bond acceptors (Lipinski definition) is 2. The Morgan fingerprint density at radius 1 is 1.14 bits per heavy atom. The van der Waals surface area contributed by atoms with Gasteiger partial charge in [-0.15, -0.1) is 0 Å². The summed E-state index contributed by atoms with van der Waals surface area (Å²) < 4.78 is 11.1. The lowest BCUT2D eigenvalue weighted by Gasteiger charge is -2.25. The van der Waals surface area contributed by atoms with E-state index < -0.39 is 0 Å². The van der Waals surface area contributed by atoms with Crippen molar-refractivity contribution in [2.45, 2.75) is 64.3 Å². The topological polar surface area (TPSA) is 25.1 Å². The maximum Gasteiger partial charge on any atom is 0.0920 e. The van der Waals surface area contributed by atoms with Gasteiger partial charge in [-0.1, -0.05) is 13.8 Å². The highest BCUT2D eigenvalue weighted by Gasteiger charge is 2.60. The van der Waals surface area contributed by atoms with Crippen molar-refractivity contribution in [1.29, 1.82) is 0 Å². The molecule has 3 rings (SSSR count). The fourth-order valence-electron chi connectivity index (χ4n) is 2.55. The minimum absolute atomic E-state index is 0.229.